The third-order valence-electron chi connectivity index (χ3n) is 5.54. The Labute approximate surface area is 192 Å². The summed E-state index contributed by atoms with van der Waals surface area (Å²) in [7, 11) is 1.69. The molecule has 2 aromatic carbocycles. The molecule has 2 heterocycles. The topological polar surface area (TPSA) is 85.2 Å². The van der Waals surface area contributed by atoms with Crippen molar-refractivity contribution < 1.29 is 4.74 Å². The Balaban J connectivity index is 1.49. The Morgan fingerprint density at radius 1 is 1.00 bits per heavy atom. The minimum Gasteiger partial charge on any atom is -0.492 e. The molecular weight excluding hydrogens is 416 g/mol. The lowest BCUT2D eigenvalue weighted by Crippen LogP contribution is -2.27. The molecule has 33 heavy (non-hydrogen) atoms. The average molecular weight is 445 g/mol. The van der Waals surface area contributed by atoms with E-state index in [1.54, 1.807) is 13.2 Å². The molecule has 0 spiro atoms. The Hall–Kier alpha value is -3.78. The summed E-state index contributed by atoms with van der Waals surface area (Å²) in [6.07, 6.45) is 1.63. The molecule has 0 saturated carbocycles. The molecule has 0 aliphatic carbocycles. The van der Waals surface area contributed by atoms with Crippen LogP contribution in [0.1, 0.15) is 13.8 Å². The lowest BCUT2D eigenvalue weighted by molar-refractivity contribution is 0.223. The zero-order valence-corrected chi connectivity index (χ0v) is 19.2. The summed E-state index contributed by atoms with van der Waals surface area (Å²) in [5.74, 6) is 1.20. The fraction of sp³-hybridized carbons (Fsp3) is 0.280. The second-order valence-electron chi connectivity index (χ2n) is 7.62. The number of nitrogens with zero attached hydrogens (tertiary/aromatic N) is 5. The van der Waals surface area contributed by atoms with Crippen molar-refractivity contribution in [3.05, 3.63) is 71.1 Å². The van der Waals surface area contributed by atoms with E-state index >= 15 is 0 Å². The predicted molar refractivity (Wildman–Crippen MR) is 131 cm³/mol. The first-order valence-corrected chi connectivity index (χ1v) is 11.1. The molecule has 0 atom stereocenters. The van der Waals surface area contributed by atoms with Gasteiger partial charge in [0.2, 0.25) is 5.95 Å². The highest BCUT2D eigenvalue weighted by Gasteiger charge is 2.13. The first kappa shape index (κ1) is 22.4. The molecule has 0 amide bonds. The van der Waals surface area contributed by atoms with Gasteiger partial charge in [0.15, 0.2) is 5.65 Å². The molecule has 0 saturated heterocycles. The van der Waals surface area contributed by atoms with Crippen molar-refractivity contribution in [1.29, 1.82) is 0 Å². The number of rotatable bonds is 9. The van der Waals surface area contributed by atoms with Crippen molar-refractivity contribution in [3.8, 4) is 17.0 Å². The molecule has 0 bridgehead atoms. The van der Waals surface area contributed by atoms with Crippen LogP contribution in [-0.2, 0) is 7.05 Å². The highest BCUT2D eigenvalue weighted by Crippen LogP contribution is 2.20. The summed E-state index contributed by atoms with van der Waals surface area (Å²) < 4.78 is 7.34. The number of hydrogen-bond donors (Lipinski definition) is 1. The van der Waals surface area contributed by atoms with Crippen LogP contribution in [0.4, 0.5) is 11.6 Å². The fourth-order valence-corrected chi connectivity index (χ4v) is 3.56. The average Bonchev–Trinajstić information content (AvgIpc) is 2.86. The lowest BCUT2D eigenvalue weighted by atomic mass is 10.1. The van der Waals surface area contributed by atoms with Gasteiger partial charge in [0.1, 0.15) is 23.6 Å². The van der Waals surface area contributed by atoms with E-state index in [1.165, 1.54) is 4.57 Å². The zero-order valence-electron chi connectivity index (χ0n) is 19.2. The van der Waals surface area contributed by atoms with Gasteiger partial charge >= 0.3 is 0 Å². The maximum atomic E-state index is 12.9. The van der Waals surface area contributed by atoms with Crippen LogP contribution in [0.25, 0.3) is 22.4 Å². The summed E-state index contributed by atoms with van der Waals surface area (Å²) in [5.41, 5.74) is 2.79. The van der Waals surface area contributed by atoms with Crippen molar-refractivity contribution in [3.63, 3.8) is 0 Å². The van der Waals surface area contributed by atoms with Crippen LogP contribution in [-0.4, -0.2) is 50.7 Å². The number of anilines is 2. The van der Waals surface area contributed by atoms with Gasteiger partial charge in [-0.2, -0.15) is 4.98 Å². The molecule has 8 heteroatoms. The highest BCUT2D eigenvalue weighted by atomic mass is 16.5. The number of aryl methyl sites for hydroxylation is 1. The largest absolute Gasteiger partial charge is 0.492 e. The molecule has 0 aliphatic heterocycles. The van der Waals surface area contributed by atoms with Crippen molar-refractivity contribution in [2.24, 2.45) is 7.05 Å². The number of fused-ring (bicyclic) bond motifs is 1. The standard InChI is InChI=1S/C25H28N6O2/c1-4-31(5-2)15-16-33-20-13-11-19(12-14-20)27-25-26-17-21-23(29-25)30(3)24(32)22(28-21)18-9-7-6-8-10-18/h6-14,17H,4-5,15-16H2,1-3H3,(H,26,27,29). The SMILES string of the molecule is CCN(CC)CCOc1ccc(Nc2ncc3nc(-c4ccccc4)c(=O)n(C)c3n2)cc1. The maximum Gasteiger partial charge on any atom is 0.278 e. The number of ether oxygens (including phenoxy) is 1. The second kappa shape index (κ2) is 10.2. The Morgan fingerprint density at radius 2 is 1.73 bits per heavy atom. The molecule has 4 rings (SSSR count). The van der Waals surface area contributed by atoms with Gasteiger partial charge in [0.25, 0.3) is 5.56 Å². The van der Waals surface area contributed by atoms with E-state index in [4.69, 9.17) is 4.74 Å². The van der Waals surface area contributed by atoms with Gasteiger partial charge in [-0.3, -0.25) is 9.36 Å². The molecular formula is C25H28N6O2. The van der Waals surface area contributed by atoms with E-state index < -0.39 is 0 Å². The summed E-state index contributed by atoms with van der Waals surface area (Å²) in [6.45, 7) is 7.88. The van der Waals surface area contributed by atoms with Gasteiger partial charge < -0.3 is 15.0 Å². The van der Waals surface area contributed by atoms with Gasteiger partial charge in [-0.25, -0.2) is 9.97 Å². The predicted octanol–water partition coefficient (Wildman–Crippen LogP) is 3.85. The van der Waals surface area contributed by atoms with Gasteiger partial charge in [0.05, 0.1) is 6.20 Å². The second-order valence-corrected chi connectivity index (χ2v) is 7.62. The van der Waals surface area contributed by atoms with Crippen LogP contribution in [0.3, 0.4) is 0 Å². The van der Waals surface area contributed by atoms with E-state index in [9.17, 15) is 4.79 Å². The summed E-state index contributed by atoms with van der Waals surface area (Å²) >= 11 is 0. The minimum absolute atomic E-state index is 0.204. The van der Waals surface area contributed by atoms with E-state index in [-0.39, 0.29) is 5.56 Å². The van der Waals surface area contributed by atoms with Gasteiger partial charge in [-0.1, -0.05) is 44.2 Å². The van der Waals surface area contributed by atoms with E-state index in [1.807, 2.05) is 54.6 Å². The Kier molecular flexibility index (Phi) is 6.95. The molecule has 170 valence electrons. The number of benzene rings is 2. The van der Waals surface area contributed by atoms with Crippen LogP contribution in [0, 0.1) is 0 Å². The van der Waals surface area contributed by atoms with Gasteiger partial charge in [-0.15, -0.1) is 0 Å². The molecule has 8 nitrogen and oxygen atoms in total. The first-order valence-electron chi connectivity index (χ1n) is 11.1. The number of nitrogens with one attached hydrogen (secondary N) is 1. The first-order chi connectivity index (χ1) is 16.1. The molecule has 2 aromatic heterocycles. The molecule has 4 aromatic rings. The minimum atomic E-state index is -0.204. The van der Waals surface area contributed by atoms with Crippen LogP contribution >= 0.6 is 0 Å². The monoisotopic (exact) mass is 444 g/mol. The van der Waals surface area contributed by atoms with Crippen LogP contribution < -0.4 is 15.6 Å². The quantitative estimate of drug-likeness (QED) is 0.420. The third kappa shape index (κ3) is 5.18. The smallest absolute Gasteiger partial charge is 0.278 e. The van der Waals surface area contributed by atoms with Crippen LogP contribution in [0.2, 0.25) is 0 Å². The lowest BCUT2D eigenvalue weighted by Gasteiger charge is -2.18. The number of hydrogen-bond acceptors (Lipinski definition) is 7. The Morgan fingerprint density at radius 3 is 2.42 bits per heavy atom. The molecule has 1 N–H and O–H groups in total. The third-order valence-corrected chi connectivity index (χ3v) is 5.54. The number of likely N-dealkylation sites (N-methyl/N-ethyl adjacent to an activating group) is 1. The molecule has 0 unspecified atom stereocenters. The van der Waals surface area contributed by atoms with Crippen LogP contribution in [0.15, 0.2) is 65.6 Å². The van der Waals surface area contributed by atoms with Crippen molar-refractivity contribution in [2.75, 3.05) is 31.6 Å². The summed E-state index contributed by atoms with van der Waals surface area (Å²) in [5, 5.41) is 3.18. The zero-order chi connectivity index (χ0) is 23.2. The molecule has 0 fully saturated rings. The van der Waals surface area contributed by atoms with E-state index in [0.29, 0.717) is 29.4 Å². The summed E-state index contributed by atoms with van der Waals surface area (Å²) in [4.78, 5) is 28.6. The maximum absolute atomic E-state index is 12.9. The normalized spacial score (nSPS) is 11.2. The highest BCUT2D eigenvalue weighted by molar-refractivity contribution is 5.75. The van der Waals surface area contributed by atoms with Gasteiger partial charge in [0, 0.05) is 24.8 Å². The Bertz CT molecular complexity index is 1270. The number of aromatic nitrogens is 4. The molecule has 0 radical (unpaired) electrons. The fourth-order valence-electron chi connectivity index (χ4n) is 3.56. The van der Waals surface area contributed by atoms with Crippen molar-refractivity contribution in [1.82, 2.24) is 24.4 Å². The summed E-state index contributed by atoms with van der Waals surface area (Å²) in [6, 6.07) is 17.0. The van der Waals surface area contributed by atoms with Crippen LogP contribution in [0.5, 0.6) is 5.75 Å². The van der Waals surface area contributed by atoms with Gasteiger partial charge in [-0.05, 0) is 37.4 Å². The van der Waals surface area contributed by atoms with Crippen molar-refractivity contribution >= 4 is 22.8 Å². The van der Waals surface area contributed by atoms with E-state index in [0.717, 1.165) is 36.6 Å². The molecule has 0 aliphatic rings. The van der Waals surface area contributed by atoms with E-state index in [2.05, 4.69) is 39.0 Å². The van der Waals surface area contributed by atoms with Crippen molar-refractivity contribution in [2.45, 2.75) is 13.8 Å².